The number of aliphatic hydroxyl groups excluding tert-OH is 1. The summed E-state index contributed by atoms with van der Waals surface area (Å²) in [5.41, 5.74) is 4.36. The number of carbonyl (C=O) groups is 2. The number of ether oxygens (including phenoxy) is 1. The van der Waals surface area contributed by atoms with E-state index in [1.54, 1.807) is 9.80 Å². The highest BCUT2D eigenvalue weighted by Gasteiger charge is 2.32. The van der Waals surface area contributed by atoms with Crippen molar-refractivity contribution in [3.63, 3.8) is 0 Å². The molecule has 1 aliphatic heterocycles. The molecule has 0 saturated carbocycles. The summed E-state index contributed by atoms with van der Waals surface area (Å²) in [7, 11) is 1.81. The average Bonchev–Trinajstić information content (AvgIpc) is 2.97. The summed E-state index contributed by atoms with van der Waals surface area (Å²) in [4.78, 5) is 30.7. The summed E-state index contributed by atoms with van der Waals surface area (Å²) in [6.07, 6.45) is -0.317. The minimum absolute atomic E-state index is 0.0192. The van der Waals surface area contributed by atoms with Gasteiger partial charge in [-0.2, -0.15) is 0 Å². The van der Waals surface area contributed by atoms with Gasteiger partial charge in [0.05, 0.1) is 31.3 Å². The normalized spacial score (nSPS) is 19.5. The number of rotatable bonds is 6. The van der Waals surface area contributed by atoms with E-state index < -0.39 is 0 Å². The van der Waals surface area contributed by atoms with Gasteiger partial charge in [-0.3, -0.25) is 9.59 Å². The first-order valence-electron chi connectivity index (χ1n) is 13.3. The first kappa shape index (κ1) is 27.6. The molecule has 0 fully saturated rings. The van der Waals surface area contributed by atoms with Gasteiger partial charge >= 0.3 is 0 Å². The lowest BCUT2D eigenvalue weighted by Crippen LogP contribution is -2.48. The first-order valence-corrected chi connectivity index (χ1v) is 13.3. The third-order valence-electron chi connectivity index (χ3n) is 7.59. The average molecular weight is 515 g/mol. The van der Waals surface area contributed by atoms with Gasteiger partial charge in [-0.1, -0.05) is 79.7 Å². The van der Waals surface area contributed by atoms with Crippen molar-refractivity contribution in [2.45, 2.75) is 45.4 Å². The Morgan fingerprint density at radius 2 is 1.58 bits per heavy atom. The van der Waals surface area contributed by atoms with Gasteiger partial charge in [-0.15, -0.1) is 0 Å². The lowest BCUT2D eigenvalue weighted by Gasteiger charge is -2.35. The Labute approximate surface area is 225 Å². The van der Waals surface area contributed by atoms with Crippen molar-refractivity contribution in [1.82, 2.24) is 9.80 Å². The summed E-state index contributed by atoms with van der Waals surface area (Å²) in [5.74, 6) is -0.466. The van der Waals surface area contributed by atoms with E-state index in [-0.39, 0.29) is 42.4 Å². The monoisotopic (exact) mass is 514 g/mol. The maximum absolute atomic E-state index is 13.9. The molecule has 200 valence electrons. The van der Waals surface area contributed by atoms with Crippen LogP contribution >= 0.6 is 0 Å². The van der Waals surface area contributed by atoms with E-state index in [1.807, 2.05) is 107 Å². The molecule has 0 aliphatic carbocycles. The van der Waals surface area contributed by atoms with Crippen LogP contribution in [0.5, 0.6) is 0 Å². The Bertz CT molecular complexity index is 1240. The number of aliphatic hydroxyl groups is 1. The zero-order chi connectivity index (χ0) is 27.2. The van der Waals surface area contributed by atoms with E-state index in [9.17, 15) is 14.7 Å². The molecule has 0 aromatic heterocycles. The van der Waals surface area contributed by atoms with Crippen LogP contribution in [0.4, 0.5) is 0 Å². The lowest BCUT2D eigenvalue weighted by atomic mass is 9.94. The minimum Gasteiger partial charge on any atom is -0.394 e. The van der Waals surface area contributed by atoms with Gasteiger partial charge in [0.25, 0.3) is 5.91 Å². The molecular formula is C32H38N2O4. The molecule has 0 saturated heterocycles. The van der Waals surface area contributed by atoms with Gasteiger partial charge in [0.2, 0.25) is 5.91 Å². The minimum atomic E-state index is -0.368. The first-order chi connectivity index (χ1) is 18.3. The van der Waals surface area contributed by atoms with Crippen molar-refractivity contribution in [3.8, 4) is 11.1 Å². The Morgan fingerprint density at radius 1 is 0.974 bits per heavy atom. The van der Waals surface area contributed by atoms with Gasteiger partial charge in [0.15, 0.2) is 0 Å². The fourth-order valence-corrected chi connectivity index (χ4v) is 5.13. The second kappa shape index (κ2) is 12.4. The molecule has 38 heavy (non-hydrogen) atoms. The van der Waals surface area contributed by atoms with E-state index in [1.165, 1.54) is 0 Å². The van der Waals surface area contributed by atoms with Crippen LogP contribution < -0.4 is 0 Å². The highest BCUT2D eigenvalue weighted by molar-refractivity contribution is 6.01. The second-order valence-electron chi connectivity index (χ2n) is 10.4. The Balaban J connectivity index is 1.67. The van der Waals surface area contributed by atoms with Gasteiger partial charge < -0.3 is 19.6 Å². The van der Waals surface area contributed by atoms with Crippen LogP contribution in [0.15, 0.2) is 78.9 Å². The van der Waals surface area contributed by atoms with Gasteiger partial charge in [0.1, 0.15) is 0 Å². The number of likely N-dealkylation sites (N-methyl/N-ethyl adjacent to an activating group) is 1. The molecular weight excluding hydrogens is 476 g/mol. The van der Waals surface area contributed by atoms with Crippen molar-refractivity contribution in [1.29, 1.82) is 0 Å². The Morgan fingerprint density at radius 3 is 2.26 bits per heavy atom. The number of amides is 2. The summed E-state index contributed by atoms with van der Waals surface area (Å²) in [5, 5.41) is 10.0. The molecule has 0 spiro atoms. The molecule has 3 aromatic rings. The number of hydrogen-bond donors (Lipinski definition) is 1. The summed E-state index contributed by atoms with van der Waals surface area (Å²) >= 11 is 0. The molecule has 3 aromatic carbocycles. The van der Waals surface area contributed by atoms with E-state index >= 15 is 0 Å². The Kier molecular flexibility index (Phi) is 8.97. The number of carbonyl (C=O) groups excluding carboxylic acids is 2. The zero-order valence-corrected chi connectivity index (χ0v) is 22.7. The fourth-order valence-electron chi connectivity index (χ4n) is 5.13. The molecule has 6 nitrogen and oxygen atoms in total. The Hall–Kier alpha value is -3.48. The molecule has 2 amide bonds. The van der Waals surface area contributed by atoms with Crippen molar-refractivity contribution >= 4 is 11.8 Å². The molecule has 0 bridgehead atoms. The third-order valence-corrected chi connectivity index (χ3v) is 7.59. The zero-order valence-electron chi connectivity index (χ0n) is 22.7. The van der Waals surface area contributed by atoms with Crippen LogP contribution in [0.3, 0.4) is 0 Å². The largest absolute Gasteiger partial charge is 0.394 e. The number of benzene rings is 3. The van der Waals surface area contributed by atoms with Crippen LogP contribution in [0.1, 0.15) is 48.2 Å². The lowest BCUT2D eigenvalue weighted by molar-refractivity contribution is -0.134. The maximum Gasteiger partial charge on any atom is 0.254 e. The smallest absolute Gasteiger partial charge is 0.254 e. The third kappa shape index (κ3) is 5.98. The van der Waals surface area contributed by atoms with Crippen molar-refractivity contribution in [3.05, 3.63) is 95.6 Å². The topological polar surface area (TPSA) is 70.1 Å². The molecule has 0 unspecified atom stereocenters. The quantitative estimate of drug-likeness (QED) is 0.504. The van der Waals surface area contributed by atoms with Crippen molar-refractivity contribution in [2.24, 2.45) is 5.92 Å². The number of nitrogens with zero attached hydrogens (tertiary/aromatic N) is 2. The molecule has 1 heterocycles. The summed E-state index contributed by atoms with van der Waals surface area (Å²) in [6, 6.07) is 25.0. The van der Waals surface area contributed by atoms with Crippen LogP contribution in [0, 0.1) is 5.92 Å². The summed E-state index contributed by atoms with van der Waals surface area (Å²) in [6.45, 7) is 6.83. The highest BCUT2D eigenvalue weighted by Crippen LogP contribution is 2.31. The molecule has 6 heteroatoms. The second-order valence-corrected chi connectivity index (χ2v) is 10.4. The van der Waals surface area contributed by atoms with E-state index in [2.05, 4.69) is 0 Å². The summed E-state index contributed by atoms with van der Waals surface area (Å²) < 4.78 is 6.54. The predicted molar refractivity (Wildman–Crippen MR) is 150 cm³/mol. The van der Waals surface area contributed by atoms with Crippen LogP contribution in [-0.4, -0.2) is 65.6 Å². The van der Waals surface area contributed by atoms with Gasteiger partial charge in [-0.25, -0.2) is 0 Å². The van der Waals surface area contributed by atoms with Gasteiger partial charge in [0, 0.05) is 31.6 Å². The van der Waals surface area contributed by atoms with Crippen LogP contribution in [0.2, 0.25) is 0 Å². The molecule has 1 N–H and O–H groups in total. The fraction of sp³-hybridized carbons (Fsp3) is 0.375. The number of hydrogen-bond acceptors (Lipinski definition) is 4. The molecule has 4 rings (SSSR count). The maximum atomic E-state index is 13.9. The van der Waals surface area contributed by atoms with Crippen LogP contribution in [-0.2, 0) is 16.1 Å². The number of fused-ring (bicyclic) bond motifs is 3. The van der Waals surface area contributed by atoms with Crippen molar-refractivity contribution in [2.75, 3.05) is 26.7 Å². The molecule has 0 radical (unpaired) electrons. The molecule has 1 aliphatic rings. The predicted octanol–water partition coefficient (Wildman–Crippen LogP) is 4.97. The molecule has 4 atom stereocenters. The van der Waals surface area contributed by atoms with E-state index in [0.29, 0.717) is 25.3 Å². The van der Waals surface area contributed by atoms with Gasteiger partial charge in [-0.05, 0) is 42.2 Å². The SMILES string of the molecule is C[C@@H](C(=O)N(C)C[C@@H]1OCc2ccccc2-c2ccccc2C(=O)N([C@@H](C)CO)C[C@@H]1C)c1ccccc1. The highest BCUT2D eigenvalue weighted by atomic mass is 16.5. The van der Waals surface area contributed by atoms with Crippen LogP contribution in [0.25, 0.3) is 11.1 Å². The van der Waals surface area contributed by atoms with E-state index in [4.69, 9.17) is 4.74 Å². The van der Waals surface area contributed by atoms with Crippen molar-refractivity contribution < 1.29 is 19.4 Å². The van der Waals surface area contributed by atoms with E-state index in [0.717, 1.165) is 22.3 Å². The standard InChI is InChI=1S/C32H38N2O4/c1-22-18-34(23(2)20-35)32(37)29-17-11-10-16-28(29)27-15-9-8-14-26(27)21-38-30(22)19-33(4)31(36)24(3)25-12-6-5-7-13-25/h5-17,22-24,30,35H,18-21H2,1-4H3/t22-,23-,24+,30-/m0/s1.